The van der Waals surface area contributed by atoms with Crippen molar-refractivity contribution in [3.05, 3.63) is 5.82 Å². The summed E-state index contributed by atoms with van der Waals surface area (Å²) in [7, 11) is 1.87. The van der Waals surface area contributed by atoms with Crippen LogP contribution in [0.15, 0.2) is 0 Å². The van der Waals surface area contributed by atoms with Crippen LogP contribution in [-0.4, -0.2) is 33.8 Å². The van der Waals surface area contributed by atoms with Crippen LogP contribution in [0.4, 0.5) is 5.95 Å². The number of hydrogen-bond donors (Lipinski definition) is 2. The van der Waals surface area contributed by atoms with Crippen molar-refractivity contribution >= 4 is 11.9 Å². The number of nitrogens with zero attached hydrogens (tertiary/aromatic N) is 3. The van der Waals surface area contributed by atoms with Crippen molar-refractivity contribution in [3.8, 4) is 0 Å². The van der Waals surface area contributed by atoms with Crippen molar-refractivity contribution in [1.82, 2.24) is 20.1 Å². The minimum Gasteiger partial charge on any atom is -0.317 e. The van der Waals surface area contributed by atoms with Crippen molar-refractivity contribution < 1.29 is 4.79 Å². The number of hydrogen-bond acceptors (Lipinski definition) is 4. The minimum absolute atomic E-state index is 0.106. The number of aromatic nitrogens is 3. The third-order valence-corrected chi connectivity index (χ3v) is 6.07. The molecule has 3 unspecified atom stereocenters. The molecule has 0 aromatic carbocycles. The maximum atomic E-state index is 12.4. The van der Waals surface area contributed by atoms with Crippen LogP contribution in [0.1, 0.15) is 56.7 Å². The fraction of sp³-hybridized carbons (Fsp3) is 0.824. The summed E-state index contributed by atoms with van der Waals surface area (Å²) >= 11 is 0. The van der Waals surface area contributed by atoms with Crippen LogP contribution < -0.4 is 10.6 Å². The molecule has 1 saturated heterocycles. The summed E-state index contributed by atoms with van der Waals surface area (Å²) < 4.78 is 1.72. The van der Waals surface area contributed by atoms with E-state index in [1.807, 2.05) is 7.05 Å². The number of aryl methyl sites for hydroxylation is 1. The second-order valence-electron chi connectivity index (χ2n) is 7.63. The van der Waals surface area contributed by atoms with Gasteiger partial charge in [-0.3, -0.25) is 10.1 Å². The van der Waals surface area contributed by atoms with E-state index in [2.05, 4.69) is 20.7 Å². The van der Waals surface area contributed by atoms with E-state index in [4.69, 9.17) is 0 Å². The number of carbonyl (C=O) groups is 1. The van der Waals surface area contributed by atoms with Gasteiger partial charge in [0.25, 0.3) is 0 Å². The van der Waals surface area contributed by atoms with Crippen LogP contribution in [0.2, 0.25) is 0 Å². The molecule has 0 radical (unpaired) electrons. The molecule has 1 amide bonds. The Kier molecular flexibility index (Phi) is 4.09. The van der Waals surface area contributed by atoms with Crippen LogP contribution in [-0.2, 0) is 11.8 Å². The zero-order valence-corrected chi connectivity index (χ0v) is 13.9. The van der Waals surface area contributed by atoms with Gasteiger partial charge in [0, 0.05) is 19.4 Å². The first kappa shape index (κ1) is 15.1. The molecular formula is C17H27N5O. The third kappa shape index (κ3) is 3.13. The molecule has 2 bridgehead atoms. The number of fused-ring (bicyclic) bond motifs is 2. The lowest BCUT2D eigenvalue weighted by Crippen LogP contribution is -2.27. The highest BCUT2D eigenvalue weighted by atomic mass is 16.1. The first-order chi connectivity index (χ1) is 11.2. The number of piperidine rings is 1. The van der Waals surface area contributed by atoms with E-state index >= 15 is 0 Å². The number of carbonyl (C=O) groups excluding carboxylic acids is 1. The summed E-state index contributed by atoms with van der Waals surface area (Å²) in [6.45, 7) is 2.05. The SMILES string of the molecule is Cn1nc(C2CCNCC2)nc1NC(=O)CC1CC2CCC1C2. The highest BCUT2D eigenvalue weighted by Gasteiger charge is 2.40. The Labute approximate surface area is 137 Å². The van der Waals surface area contributed by atoms with Crippen molar-refractivity contribution in [2.45, 2.75) is 50.9 Å². The van der Waals surface area contributed by atoms with Gasteiger partial charge in [-0.15, -0.1) is 0 Å². The van der Waals surface area contributed by atoms with Gasteiger partial charge in [-0.1, -0.05) is 6.42 Å². The predicted octanol–water partition coefficient (Wildman–Crippen LogP) is 2.05. The molecule has 2 heterocycles. The molecule has 1 aliphatic heterocycles. The maximum absolute atomic E-state index is 12.4. The summed E-state index contributed by atoms with van der Waals surface area (Å²) in [6, 6.07) is 0. The molecule has 2 N–H and O–H groups in total. The molecule has 1 aromatic rings. The monoisotopic (exact) mass is 317 g/mol. The van der Waals surface area contributed by atoms with E-state index in [0.29, 0.717) is 24.2 Å². The molecule has 0 spiro atoms. The van der Waals surface area contributed by atoms with Gasteiger partial charge >= 0.3 is 0 Å². The lowest BCUT2D eigenvalue weighted by atomic mass is 9.86. The first-order valence-electron chi connectivity index (χ1n) is 9.10. The molecule has 3 fully saturated rings. The van der Waals surface area contributed by atoms with Gasteiger partial charge in [0.05, 0.1) is 0 Å². The Hall–Kier alpha value is -1.43. The van der Waals surface area contributed by atoms with Crippen LogP contribution in [0.25, 0.3) is 0 Å². The lowest BCUT2D eigenvalue weighted by Gasteiger charge is -2.20. The number of nitrogens with one attached hydrogen (secondary N) is 2. The zero-order valence-electron chi connectivity index (χ0n) is 13.9. The Morgan fingerprint density at radius 1 is 1.26 bits per heavy atom. The van der Waals surface area contributed by atoms with Crippen molar-refractivity contribution in [3.63, 3.8) is 0 Å². The number of rotatable bonds is 4. The van der Waals surface area contributed by atoms with E-state index < -0.39 is 0 Å². The van der Waals surface area contributed by atoms with Crippen molar-refractivity contribution in [1.29, 1.82) is 0 Å². The zero-order chi connectivity index (χ0) is 15.8. The molecule has 3 atom stereocenters. The van der Waals surface area contributed by atoms with Gasteiger partial charge in [0.15, 0.2) is 5.82 Å². The van der Waals surface area contributed by atoms with E-state index in [0.717, 1.165) is 43.6 Å². The van der Waals surface area contributed by atoms with Gasteiger partial charge in [-0.2, -0.15) is 10.1 Å². The molecular weight excluding hydrogens is 290 g/mol. The van der Waals surface area contributed by atoms with Crippen molar-refractivity contribution in [2.75, 3.05) is 18.4 Å². The largest absolute Gasteiger partial charge is 0.317 e. The molecule has 6 nitrogen and oxygen atoms in total. The Morgan fingerprint density at radius 3 is 2.78 bits per heavy atom. The summed E-state index contributed by atoms with van der Waals surface area (Å²) in [6.07, 6.45) is 8.10. The van der Waals surface area contributed by atoms with Gasteiger partial charge in [-0.25, -0.2) is 4.68 Å². The fourth-order valence-electron chi connectivity index (χ4n) is 4.81. The van der Waals surface area contributed by atoms with Gasteiger partial charge in [0.2, 0.25) is 11.9 Å². The predicted molar refractivity (Wildman–Crippen MR) is 88.0 cm³/mol. The Morgan fingerprint density at radius 2 is 2.09 bits per heavy atom. The standard InChI is InChI=1S/C17H27N5O/c1-22-17(20-16(21-22)12-4-6-18-7-5-12)19-15(23)10-14-9-11-2-3-13(14)8-11/h11-14,18H,2-10H2,1H3,(H,19,20,21,23). The number of anilines is 1. The molecule has 2 saturated carbocycles. The van der Waals surface area contributed by atoms with E-state index in [-0.39, 0.29) is 5.91 Å². The third-order valence-electron chi connectivity index (χ3n) is 6.07. The van der Waals surface area contributed by atoms with Crippen LogP contribution >= 0.6 is 0 Å². The lowest BCUT2D eigenvalue weighted by molar-refractivity contribution is -0.117. The molecule has 3 aliphatic rings. The summed E-state index contributed by atoms with van der Waals surface area (Å²) in [5.41, 5.74) is 0. The second kappa shape index (κ2) is 6.23. The van der Waals surface area contributed by atoms with E-state index in [1.165, 1.54) is 25.7 Å². The molecule has 23 heavy (non-hydrogen) atoms. The maximum Gasteiger partial charge on any atom is 0.227 e. The highest BCUT2D eigenvalue weighted by molar-refractivity contribution is 5.89. The molecule has 126 valence electrons. The van der Waals surface area contributed by atoms with Crippen LogP contribution in [0, 0.1) is 17.8 Å². The normalized spacial score (nSPS) is 30.7. The highest BCUT2D eigenvalue weighted by Crippen LogP contribution is 2.49. The van der Waals surface area contributed by atoms with Crippen LogP contribution in [0.3, 0.4) is 0 Å². The van der Waals surface area contributed by atoms with Gasteiger partial charge in [0.1, 0.15) is 0 Å². The Balaban J connectivity index is 1.36. The summed E-state index contributed by atoms with van der Waals surface area (Å²) in [5, 5.41) is 10.9. The topological polar surface area (TPSA) is 71.8 Å². The van der Waals surface area contributed by atoms with Gasteiger partial charge in [-0.05, 0) is 62.9 Å². The smallest absolute Gasteiger partial charge is 0.227 e. The average Bonchev–Trinajstić information content (AvgIpc) is 3.25. The fourth-order valence-corrected chi connectivity index (χ4v) is 4.81. The summed E-state index contributed by atoms with van der Waals surface area (Å²) in [5.74, 6) is 4.27. The molecule has 2 aliphatic carbocycles. The minimum atomic E-state index is 0.106. The van der Waals surface area contributed by atoms with Crippen LogP contribution in [0.5, 0.6) is 0 Å². The van der Waals surface area contributed by atoms with E-state index in [9.17, 15) is 4.79 Å². The van der Waals surface area contributed by atoms with Crippen molar-refractivity contribution in [2.24, 2.45) is 24.8 Å². The van der Waals surface area contributed by atoms with E-state index in [1.54, 1.807) is 4.68 Å². The quantitative estimate of drug-likeness (QED) is 0.891. The number of amides is 1. The first-order valence-corrected chi connectivity index (χ1v) is 9.10. The van der Waals surface area contributed by atoms with Gasteiger partial charge < -0.3 is 5.32 Å². The second-order valence-corrected chi connectivity index (χ2v) is 7.63. The molecule has 4 rings (SSSR count). The average molecular weight is 317 g/mol. The molecule has 6 heteroatoms. The molecule has 1 aromatic heterocycles. The summed E-state index contributed by atoms with van der Waals surface area (Å²) in [4.78, 5) is 17.0. The Bertz CT molecular complexity index is 578.